The molecule has 2 N–H and O–H groups in total. The molecule has 1 amide bonds. The number of rotatable bonds is 4. The molecule has 0 bridgehead atoms. The number of hydrogen-bond donors (Lipinski definition) is 2. The van der Waals surface area contributed by atoms with Gasteiger partial charge in [-0.05, 0) is 90.0 Å². The molecule has 194 valence electrons. The molecule has 8 nitrogen and oxygen atoms in total. The van der Waals surface area contributed by atoms with Gasteiger partial charge in [0.1, 0.15) is 17.2 Å². The highest BCUT2D eigenvalue weighted by Crippen LogP contribution is 2.42. The number of carbonyl (C=O) groups is 1. The van der Waals surface area contributed by atoms with E-state index in [1.165, 1.54) is 11.1 Å². The normalized spacial score (nSPS) is 17.9. The zero-order chi connectivity index (χ0) is 26.0. The van der Waals surface area contributed by atoms with E-state index in [0.29, 0.717) is 19.1 Å². The number of anilines is 3. The molecule has 36 heavy (non-hydrogen) atoms. The Morgan fingerprint density at radius 3 is 2.69 bits per heavy atom. The Kier molecular flexibility index (Phi) is 7.43. The van der Waals surface area contributed by atoms with Crippen LogP contribution < -0.4 is 15.4 Å². The third kappa shape index (κ3) is 5.74. The van der Waals surface area contributed by atoms with Crippen LogP contribution in [0.3, 0.4) is 0 Å². The number of benzene rings is 1. The average Bonchev–Trinajstić information content (AvgIpc) is 2.99. The van der Waals surface area contributed by atoms with Gasteiger partial charge in [-0.2, -0.15) is 4.98 Å². The first-order valence-corrected chi connectivity index (χ1v) is 12.8. The van der Waals surface area contributed by atoms with Gasteiger partial charge < -0.3 is 25.0 Å². The van der Waals surface area contributed by atoms with Gasteiger partial charge in [0, 0.05) is 42.6 Å². The number of amides is 1. The van der Waals surface area contributed by atoms with Crippen molar-refractivity contribution in [3.8, 4) is 5.75 Å². The van der Waals surface area contributed by atoms with Gasteiger partial charge >= 0.3 is 6.09 Å². The number of fused-ring (bicyclic) bond motifs is 1. The smallest absolute Gasteiger partial charge is 0.410 e. The monoisotopic (exact) mass is 493 g/mol. The largest absolute Gasteiger partial charge is 0.493 e. The van der Waals surface area contributed by atoms with Crippen LogP contribution in [0.5, 0.6) is 5.75 Å². The fourth-order valence-corrected chi connectivity index (χ4v) is 4.80. The van der Waals surface area contributed by atoms with E-state index < -0.39 is 5.60 Å². The summed E-state index contributed by atoms with van der Waals surface area (Å²) in [4.78, 5) is 23.9. The van der Waals surface area contributed by atoms with Crippen molar-refractivity contribution in [2.75, 3.05) is 30.8 Å². The Morgan fingerprint density at radius 2 is 1.97 bits per heavy atom. The molecule has 2 aromatic rings. The first-order chi connectivity index (χ1) is 17.1. The molecule has 4 rings (SSSR count). The number of hydrogen-bond acceptors (Lipinski definition) is 7. The lowest BCUT2D eigenvalue weighted by atomic mass is 9.89. The second-order valence-electron chi connectivity index (χ2n) is 10.7. The number of nitrogens with zero attached hydrogens (tertiary/aromatic N) is 3. The van der Waals surface area contributed by atoms with E-state index in [1.807, 2.05) is 45.7 Å². The molecule has 3 heterocycles. The number of aromatic nitrogens is 2. The van der Waals surface area contributed by atoms with Crippen molar-refractivity contribution < 1.29 is 14.3 Å². The van der Waals surface area contributed by atoms with Crippen molar-refractivity contribution in [2.24, 2.45) is 0 Å². The van der Waals surface area contributed by atoms with Crippen LogP contribution in [0, 0.1) is 13.8 Å². The maximum absolute atomic E-state index is 12.9. The van der Waals surface area contributed by atoms with Gasteiger partial charge in [0.25, 0.3) is 0 Å². The molecule has 2 aliphatic heterocycles. The molecule has 0 aliphatic carbocycles. The fraction of sp³-hybridized carbons (Fsp3) is 0.536. The van der Waals surface area contributed by atoms with E-state index in [9.17, 15) is 4.79 Å². The van der Waals surface area contributed by atoms with Gasteiger partial charge in [-0.3, -0.25) is 0 Å². The van der Waals surface area contributed by atoms with Crippen LogP contribution in [0.2, 0.25) is 0 Å². The van der Waals surface area contributed by atoms with Crippen molar-refractivity contribution in [1.29, 1.82) is 0 Å². The summed E-state index contributed by atoms with van der Waals surface area (Å²) >= 11 is 0. The summed E-state index contributed by atoms with van der Waals surface area (Å²) in [6.07, 6.45) is 5.55. The maximum atomic E-state index is 12.9. The molecule has 1 atom stereocenters. The van der Waals surface area contributed by atoms with E-state index in [-0.39, 0.29) is 12.1 Å². The molecule has 0 radical (unpaired) electrons. The predicted octanol–water partition coefficient (Wildman–Crippen LogP) is 6.01. The zero-order valence-electron chi connectivity index (χ0n) is 22.6. The van der Waals surface area contributed by atoms with Gasteiger partial charge in [0.15, 0.2) is 0 Å². The van der Waals surface area contributed by atoms with Gasteiger partial charge in [-0.1, -0.05) is 6.08 Å². The molecule has 0 fully saturated rings. The third-order valence-electron chi connectivity index (χ3n) is 6.66. The number of allylic oxidation sites excluding steroid dienone is 1. The highest BCUT2D eigenvalue weighted by molar-refractivity contribution is 5.81. The molecule has 1 aromatic heterocycles. The van der Waals surface area contributed by atoms with Crippen LogP contribution in [0.4, 0.5) is 22.2 Å². The summed E-state index contributed by atoms with van der Waals surface area (Å²) in [5, 5.41) is 6.56. The van der Waals surface area contributed by atoms with Crippen LogP contribution in [0.1, 0.15) is 69.3 Å². The summed E-state index contributed by atoms with van der Waals surface area (Å²) in [5.41, 5.74) is 5.94. The average molecular weight is 494 g/mol. The van der Waals surface area contributed by atoms with Crippen LogP contribution in [0.25, 0.3) is 5.57 Å². The van der Waals surface area contributed by atoms with Crippen molar-refractivity contribution in [3.63, 3.8) is 0 Å². The highest BCUT2D eigenvalue weighted by atomic mass is 16.6. The first kappa shape index (κ1) is 25.8. The predicted molar refractivity (Wildman–Crippen MR) is 144 cm³/mol. The molecule has 1 aromatic carbocycles. The summed E-state index contributed by atoms with van der Waals surface area (Å²) in [6, 6.07) is 4.16. The van der Waals surface area contributed by atoms with Gasteiger partial charge in [0.2, 0.25) is 5.95 Å². The number of aryl methyl sites for hydroxylation is 2. The summed E-state index contributed by atoms with van der Waals surface area (Å²) < 4.78 is 11.9. The Bertz CT molecular complexity index is 1170. The number of nitrogens with one attached hydrogen (secondary N) is 2. The van der Waals surface area contributed by atoms with Crippen molar-refractivity contribution in [3.05, 3.63) is 40.6 Å². The molecule has 0 spiro atoms. The van der Waals surface area contributed by atoms with Crippen molar-refractivity contribution >= 4 is 29.1 Å². The van der Waals surface area contributed by atoms with Crippen molar-refractivity contribution in [2.45, 2.75) is 78.9 Å². The zero-order valence-corrected chi connectivity index (χ0v) is 22.6. The number of carbonyl (C=O) groups excluding carboxylic acids is 1. The number of ether oxygens (including phenoxy) is 2. The Labute approximate surface area is 214 Å². The van der Waals surface area contributed by atoms with Crippen LogP contribution in [-0.2, 0) is 11.2 Å². The van der Waals surface area contributed by atoms with E-state index in [2.05, 4.69) is 46.6 Å². The Balaban J connectivity index is 1.71. The second kappa shape index (κ2) is 10.4. The topological polar surface area (TPSA) is 88.6 Å². The third-order valence-corrected chi connectivity index (χ3v) is 6.66. The Hall–Kier alpha value is -3.29. The highest BCUT2D eigenvalue weighted by Gasteiger charge is 2.29. The summed E-state index contributed by atoms with van der Waals surface area (Å²) in [7, 11) is 1.85. The lowest BCUT2D eigenvalue weighted by Gasteiger charge is -2.30. The first-order valence-electron chi connectivity index (χ1n) is 12.8. The summed E-state index contributed by atoms with van der Waals surface area (Å²) in [6.45, 7) is 13.1. The second-order valence-corrected chi connectivity index (χ2v) is 10.7. The molecular formula is C28H39N5O3. The minimum absolute atomic E-state index is 0.0765. The fourth-order valence-electron chi connectivity index (χ4n) is 4.80. The maximum Gasteiger partial charge on any atom is 0.410 e. The van der Waals surface area contributed by atoms with E-state index in [0.717, 1.165) is 59.8 Å². The minimum Gasteiger partial charge on any atom is -0.493 e. The molecule has 1 unspecified atom stereocenters. The SMILES string of the molecule is CNc1cc(C)nc(Nc2cc3c(c(C4=CCN(C(=O)OC(C)(C)C)C(C)CC4)c2C)OCCC3)n1. The lowest BCUT2D eigenvalue weighted by molar-refractivity contribution is 0.0201. The lowest BCUT2D eigenvalue weighted by Crippen LogP contribution is -2.41. The van der Waals surface area contributed by atoms with Gasteiger partial charge in [-0.25, -0.2) is 9.78 Å². The van der Waals surface area contributed by atoms with Gasteiger partial charge in [0.05, 0.1) is 6.61 Å². The molecule has 2 aliphatic rings. The molecule has 8 heteroatoms. The summed E-state index contributed by atoms with van der Waals surface area (Å²) in [5.74, 6) is 2.30. The molecule has 0 saturated heterocycles. The molecular weight excluding hydrogens is 454 g/mol. The van der Waals surface area contributed by atoms with E-state index >= 15 is 0 Å². The van der Waals surface area contributed by atoms with Crippen LogP contribution in [-0.4, -0.2) is 52.8 Å². The van der Waals surface area contributed by atoms with Crippen LogP contribution in [0.15, 0.2) is 18.2 Å². The molecule has 0 saturated carbocycles. The standard InChI is InChI=1S/C28H39N5O3/c1-17-15-23(29-7)32-26(30-17)31-22-16-21-9-8-14-35-25(21)24(19(22)3)20-11-10-18(2)33(13-12-20)27(34)36-28(4,5)6/h12,15-16,18H,8-11,13-14H2,1-7H3,(H2,29,30,31,32). The quantitative estimate of drug-likeness (QED) is 0.539. The van der Waals surface area contributed by atoms with E-state index in [4.69, 9.17) is 9.47 Å². The van der Waals surface area contributed by atoms with Gasteiger partial charge in [-0.15, -0.1) is 0 Å². The van der Waals surface area contributed by atoms with Crippen molar-refractivity contribution in [1.82, 2.24) is 14.9 Å². The Morgan fingerprint density at radius 1 is 1.19 bits per heavy atom. The van der Waals surface area contributed by atoms with E-state index in [1.54, 1.807) is 0 Å². The van der Waals surface area contributed by atoms with Crippen LogP contribution >= 0.6 is 0 Å². The minimum atomic E-state index is -0.524.